The number of halogens is 1. The molecule has 2 aromatic rings. The second kappa shape index (κ2) is 4.92. The zero-order chi connectivity index (χ0) is 13.3. The van der Waals surface area contributed by atoms with Gasteiger partial charge in [0.2, 0.25) is 0 Å². The Kier molecular flexibility index (Phi) is 3.26. The van der Waals surface area contributed by atoms with E-state index in [0.717, 1.165) is 5.56 Å². The van der Waals surface area contributed by atoms with Gasteiger partial charge in [0.1, 0.15) is 18.8 Å². The summed E-state index contributed by atoms with van der Waals surface area (Å²) in [5.74, 6) is -0.726. The number of hydrogen-bond donors (Lipinski definition) is 0. The van der Waals surface area contributed by atoms with Gasteiger partial charge in [0.05, 0.1) is 13.2 Å². The van der Waals surface area contributed by atoms with Crippen LogP contribution < -0.4 is 0 Å². The van der Waals surface area contributed by atoms with Gasteiger partial charge in [-0.3, -0.25) is 4.68 Å². The van der Waals surface area contributed by atoms with E-state index in [9.17, 15) is 0 Å². The van der Waals surface area contributed by atoms with Crippen LogP contribution in [-0.2, 0) is 21.8 Å². The van der Waals surface area contributed by atoms with Crippen molar-refractivity contribution in [3.63, 3.8) is 0 Å². The molecule has 0 N–H and O–H groups in total. The van der Waals surface area contributed by atoms with Crippen molar-refractivity contribution in [3.05, 3.63) is 47.5 Å². The molecule has 0 saturated carbocycles. The predicted octanol–water partition coefficient (Wildman–Crippen LogP) is 2.22. The van der Waals surface area contributed by atoms with E-state index in [1.165, 1.54) is 6.33 Å². The molecule has 1 saturated heterocycles. The van der Waals surface area contributed by atoms with E-state index in [1.54, 1.807) is 11.0 Å². The van der Waals surface area contributed by atoms with Crippen LogP contribution in [0.5, 0.6) is 0 Å². The standard InChI is InChI=1S/C13H14ClN3O2/c1-13(10-2-4-11(14)5-3-10)18-7-12(19-13)6-17-9-15-8-16-17/h2-5,8-9,12H,6-7H2,1H3/t12-,13+/m0/s1. The average Bonchev–Trinajstić information content (AvgIpc) is 3.02. The van der Waals surface area contributed by atoms with Crippen molar-refractivity contribution in [1.29, 1.82) is 0 Å². The van der Waals surface area contributed by atoms with E-state index in [-0.39, 0.29) is 6.10 Å². The van der Waals surface area contributed by atoms with E-state index in [0.29, 0.717) is 18.2 Å². The summed E-state index contributed by atoms with van der Waals surface area (Å²) >= 11 is 5.89. The Hall–Kier alpha value is -1.43. The summed E-state index contributed by atoms with van der Waals surface area (Å²) < 4.78 is 13.5. The van der Waals surface area contributed by atoms with Crippen LogP contribution in [0, 0.1) is 0 Å². The number of benzene rings is 1. The molecule has 5 nitrogen and oxygen atoms in total. The lowest BCUT2D eigenvalue weighted by molar-refractivity contribution is -0.163. The Morgan fingerprint density at radius 1 is 1.42 bits per heavy atom. The molecule has 3 rings (SSSR count). The molecule has 1 aromatic carbocycles. The molecular weight excluding hydrogens is 266 g/mol. The molecule has 1 fully saturated rings. The first-order chi connectivity index (χ1) is 9.16. The molecule has 0 bridgehead atoms. The molecule has 0 amide bonds. The topological polar surface area (TPSA) is 49.2 Å². The second-order valence-electron chi connectivity index (χ2n) is 4.62. The normalized spacial score (nSPS) is 26.7. The summed E-state index contributed by atoms with van der Waals surface area (Å²) in [5, 5.41) is 4.76. The number of ether oxygens (including phenoxy) is 2. The van der Waals surface area contributed by atoms with E-state index in [1.807, 2.05) is 31.2 Å². The molecule has 0 aliphatic carbocycles. The highest BCUT2D eigenvalue weighted by molar-refractivity contribution is 6.30. The Morgan fingerprint density at radius 3 is 2.89 bits per heavy atom. The quantitative estimate of drug-likeness (QED) is 0.864. The number of nitrogens with zero attached hydrogens (tertiary/aromatic N) is 3. The lowest BCUT2D eigenvalue weighted by Gasteiger charge is -2.23. The van der Waals surface area contributed by atoms with Crippen LogP contribution in [0.4, 0.5) is 0 Å². The molecule has 1 aromatic heterocycles. The van der Waals surface area contributed by atoms with Gasteiger partial charge >= 0.3 is 0 Å². The number of hydrogen-bond acceptors (Lipinski definition) is 4. The maximum Gasteiger partial charge on any atom is 0.192 e. The third kappa shape index (κ3) is 2.63. The first kappa shape index (κ1) is 12.6. The van der Waals surface area contributed by atoms with Gasteiger partial charge in [-0.25, -0.2) is 4.98 Å². The molecule has 19 heavy (non-hydrogen) atoms. The lowest BCUT2D eigenvalue weighted by atomic mass is 10.1. The maximum absolute atomic E-state index is 5.99. The summed E-state index contributed by atoms with van der Waals surface area (Å²) in [6, 6.07) is 7.50. The molecular formula is C13H14ClN3O2. The molecule has 100 valence electrons. The van der Waals surface area contributed by atoms with Crippen molar-refractivity contribution in [1.82, 2.24) is 14.8 Å². The van der Waals surface area contributed by atoms with Crippen LogP contribution in [0.1, 0.15) is 12.5 Å². The minimum absolute atomic E-state index is 0.0395. The zero-order valence-corrected chi connectivity index (χ0v) is 11.2. The first-order valence-corrected chi connectivity index (χ1v) is 6.44. The van der Waals surface area contributed by atoms with Crippen molar-refractivity contribution in [3.8, 4) is 0 Å². The first-order valence-electron chi connectivity index (χ1n) is 6.06. The molecule has 0 spiro atoms. The number of rotatable bonds is 3. The highest BCUT2D eigenvalue weighted by Gasteiger charge is 2.38. The van der Waals surface area contributed by atoms with Crippen LogP contribution in [0.2, 0.25) is 5.02 Å². The van der Waals surface area contributed by atoms with Crippen LogP contribution in [0.15, 0.2) is 36.9 Å². The van der Waals surface area contributed by atoms with E-state index in [4.69, 9.17) is 21.1 Å². The fraction of sp³-hybridized carbons (Fsp3) is 0.385. The fourth-order valence-electron chi connectivity index (χ4n) is 2.17. The van der Waals surface area contributed by atoms with Crippen molar-refractivity contribution >= 4 is 11.6 Å². The van der Waals surface area contributed by atoms with Gasteiger partial charge in [0.25, 0.3) is 0 Å². The van der Waals surface area contributed by atoms with Crippen LogP contribution >= 0.6 is 11.6 Å². The minimum Gasteiger partial charge on any atom is -0.343 e. The lowest BCUT2D eigenvalue weighted by Crippen LogP contribution is -2.25. The van der Waals surface area contributed by atoms with Crippen molar-refractivity contribution in [2.24, 2.45) is 0 Å². The van der Waals surface area contributed by atoms with Crippen molar-refractivity contribution in [2.75, 3.05) is 6.61 Å². The molecule has 6 heteroatoms. The van der Waals surface area contributed by atoms with E-state index >= 15 is 0 Å². The summed E-state index contributed by atoms with van der Waals surface area (Å²) in [4.78, 5) is 3.91. The Bertz CT molecular complexity index is 544. The van der Waals surface area contributed by atoms with Crippen LogP contribution in [0.25, 0.3) is 0 Å². The van der Waals surface area contributed by atoms with Gasteiger partial charge in [-0.05, 0) is 19.1 Å². The number of aromatic nitrogens is 3. The second-order valence-corrected chi connectivity index (χ2v) is 5.06. The third-order valence-corrected chi connectivity index (χ3v) is 3.41. The van der Waals surface area contributed by atoms with Gasteiger partial charge < -0.3 is 9.47 Å². The Morgan fingerprint density at radius 2 is 2.21 bits per heavy atom. The Balaban J connectivity index is 1.71. The highest BCUT2D eigenvalue weighted by atomic mass is 35.5. The van der Waals surface area contributed by atoms with Crippen LogP contribution in [-0.4, -0.2) is 27.5 Å². The monoisotopic (exact) mass is 279 g/mol. The van der Waals surface area contributed by atoms with Gasteiger partial charge in [0.15, 0.2) is 5.79 Å². The fourth-order valence-corrected chi connectivity index (χ4v) is 2.29. The summed E-state index contributed by atoms with van der Waals surface area (Å²) in [6.45, 7) is 3.07. The maximum atomic E-state index is 5.99. The molecule has 2 atom stereocenters. The largest absolute Gasteiger partial charge is 0.343 e. The van der Waals surface area contributed by atoms with Gasteiger partial charge in [-0.15, -0.1) is 0 Å². The molecule has 1 aliphatic heterocycles. The van der Waals surface area contributed by atoms with Crippen molar-refractivity contribution < 1.29 is 9.47 Å². The molecule has 1 aliphatic rings. The predicted molar refractivity (Wildman–Crippen MR) is 69.7 cm³/mol. The van der Waals surface area contributed by atoms with Gasteiger partial charge in [-0.1, -0.05) is 23.7 Å². The summed E-state index contributed by atoms with van der Waals surface area (Å²) in [5.41, 5.74) is 0.956. The summed E-state index contributed by atoms with van der Waals surface area (Å²) in [7, 11) is 0. The Labute approximate surface area is 116 Å². The SMILES string of the molecule is C[C@@]1(c2ccc(Cl)cc2)OC[C@H](Cn2cncn2)O1. The molecule has 0 radical (unpaired) electrons. The smallest absolute Gasteiger partial charge is 0.192 e. The minimum atomic E-state index is -0.726. The zero-order valence-electron chi connectivity index (χ0n) is 10.5. The molecule has 2 heterocycles. The van der Waals surface area contributed by atoms with Crippen LogP contribution in [0.3, 0.4) is 0 Å². The molecule has 0 unspecified atom stereocenters. The highest BCUT2D eigenvalue weighted by Crippen LogP contribution is 2.34. The van der Waals surface area contributed by atoms with Gasteiger partial charge in [-0.2, -0.15) is 5.10 Å². The van der Waals surface area contributed by atoms with E-state index < -0.39 is 5.79 Å². The van der Waals surface area contributed by atoms with Gasteiger partial charge in [0, 0.05) is 10.6 Å². The summed E-state index contributed by atoms with van der Waals surface area (Å²) in [6.07, 6.45) is 3.14. The average molecular weight is 280 g/mol. The third-order valence-electron chi connectivity index (χ3n) is 3.16. The van der Waals surface area contributed by atoms with Crippen molar-refractivity contribution in [2.45, 2.75) is 25.4 Å². The van der Waals surface area contributed by atoms with E-state index in [2.05, 4.69) is 10.1 Å².